The van der Waals surface area contributed by atoms with Gasteiger partial charge in [-0.1, -0.05) is 87.5 Å². The second kappa shape index (κ2) is 11.3. The molecule has 0 unspecified atom stereocenters. The molecule has 1 amide bonds. The molecule has 0 aromatic heterocycles. The molecular weight excluding hydrogens is 514 g/mol. The summed E-state index contributed by atoms with van der Waals surface area (Å²) in [6.07, 6.45) is 3.96. The summed E-state index contributed by atoms with van der Waals surface area (Å²) >= 11 is 0. The van der Waals surface area contributed by atoms with E-state index in [1.54, 1.807) is 14.2 Å². The summed E-state index contributed by atoms with van der Waals surface area (Å²) in [7, 11) is 0.569. The molecule has 0 radical (unpaired) electrons. The van der Waals surface area contributed by atoms with Gasteiger partial charge in [0.1, 0.15) is 0 Å². The number of fused-ring (bicyclic) bond motifs is 3. The SMILES string of the molecule is C=C[C@@H]1CC(=O)N2[C@H](CO[Si](c3ccccc3)(c3ccccc3)C(C)(C)C)Cc3cc(OC)c(OC)cc3[C@H]2C1. The fourth-order valence-electron chi connectivity index (χ4n) is 6.80. The molecule has 40 heavy (non-hydrogen) atoms. The molecule has 0 saturated carbocycles. The van der Waals surface area contributed by atoms with Gasteiger partial charge in [0.05, 0.1) is 32.9 Å². The highest BCUT2D eigenvalue weighted by Crippen LogP contribution is 2.46. The first-order valence-corrected chi connectivity index (χ1v) is 16.1. The zero-order chi connectivity index (χ0) is 28.5. The first-order valence-electron chi connectivity index (χ1n) is 14.2. The van der Waals surface area contributed by atoms with Gasteiger partial charge in [-0.15, -0.1) is 6.58 Å². The maximum absolute atomic E-state index is 13.7. The van der Waals surface area contributed by atoms with Crippen LogP contribution in [0.4, 0.5) is 0 Å². The van der Waals surface area contributed by atoms with Crippen molar-refractivity contribution in [1.29, 1.82) is 0 Å². The molecule has 3 aromatic rings. The Bertz CT molecular complexity index is 1310. The summed E-state index contributed by atoms with van der Waals surface area (Å²) in [5.41, 5.74) is 2.33. The van der Waals surface area contributed by atoms with E-state index in [2.05, 4.69) is 105 Å². The second-order valence-corrected chi connectivity index (χ2v) is 16.3. The van der Waals surface area contributed by atoms with Crippen LogP contribution in [0.15, 0.2) is 85.5 Å². The van der Waals surface area contributed by atoms with Crippen molar-refractivity contribution in [2.24, 2.45) is 5.92 Å². The van der Waals surface area contributed by atoms with Gasteiger partial charge in [0.25, 0.3) is 8.32 Å². The number of hydrogen-bond donors (Lipinski definition) is 0. The number of rotatable bonds is 8. The van der Waals surface area contributed by atoms with Crippen LogP contribution in [-0.2, 0) is 15.6 Å². The van der Waals surface area contributed by atoms with Gasteiger partial charge in [-0.05, 0) is 57.4 Å². The van der Waals surface area contributed by atoms with Crippen LogP contribution in [0.2, 0.25) is 5.04 Å². The maximum Gasteiger partial charge on any atom is 0.261 e. The predicted octanol–water partition coefficient (Wildman–Crippen LogP) is 5.67. The molecule has 2 heterocycles. The van der Waals surface area contributed by atoms with Crippen molar-refractivity contribution in [2.45, 2.75) is 57.2 Å². The van der Waals surface area contributed by atoms with Gasteiger partial charge in [0, 0.05) is 6.42 Å². The zero-order valence-corrected chi connectivity index (χ0v) is 25.4. The molecule has 2 aliphatic heterocycles. The van der Waals surface area contributed by atoms with Crippen molar-refractivity contribution < 1.29 is 18.7 Å². The van der Waals surface area contributed by atoms with Gasteiger partial charge >= 0.3 is 0 Å². The van der Waals surface area contributed by atoms with Crippen molar-refractivity contribution in [3.63, 3.8) is 0 Å². The van der Waals surface area contributed by atoms with Gasteiger partial charge in [0.15, 0.2) is 11.5 Å². The Hall–Kier alpha value is -3.35. The lowest BCUT2D eigenvalue weighted by atomic mass is 9.79. The van der Waals surface area contributed by atoms with E-state index in [0.717, 1.165) is 12.0 Å². The molecule has 2 aliphatic rings. The molecule has 6 heteroatoms. The highest BCUT2D eigenvalue weighted by molar-refractivity contribution is 6.99. The van der Waals surface area contributed by atoms with Crippen molar-refractivity contribution in [3.8, 4) is 11.5 Å². The van der Waals surface area contributed by atoms with Crippen LogP contribution in [-0.4, -0.2) is 46.0 Å². The highest BCUT2D eigenvalue weighted by Gasteiger charge is 2.51. The predicted molar refractivity (Wildman–Crippen MR) is 163 cm³/mol. The molecular formula is C34H41NO4Si. The van der Waals surface area contributed by atoms with Crippen molar-refractivity contribution >= 4 is 24.6 Å². The van der Waals surface area contributed by atoms with E-state index in [-0.39, 0.29) is 28.9 Å². The van der Waals surface area contributed by atoms with Gasteiger partial charge < -0.3 is 18.8 Å². The number of benzene rings is 3. The summed E-state index contributed by atoms with van der Waals surface area (Å²) in [4.78, 5) is 15.8. The van der Waals surface area contributed by atoms with Crippen LogP contribution in [0.1, 0.15) is 50.8 Å². The molecule has 1 fully saturated rings. The van der Waals surface area contributed by atoms with Crippen LogP contribution >= 0.6 is 0 Å². The molecule has 0 N–H and O–H groups in total. The molecule has 0 spiro atoms. The number of carbonyl (C=O) groups is 1. The lowest BCUT2D eigenvalue weighted by Gasteiger charge is -2.49. The average molecular weight is 556 g/mol. The monoisotopic (exact) mass is 555 g/mol. The zero-order valence-electron chi connectivity index (χ0n) is 24.4. The first-order chi connectivity index (χ1) is 19.2. The largest absolute Gasteiger partial charge is 0.493 e. The Balaban J connectivity index is 1.59. The van der Waals surface area contributed by atoms with E-state index < -0.39 is 8.32 Å². The summed E-state index contributed by atoms with van der Waals surface area (Å²) < 4.78 is 18.7. The number of amides is 1. The fraction of sp³-hybridized carbons (Fsp3) is 0.382. The van der Waals surface area contributed by atoms with E-state index in [1.807, 2.05) is 6.08 Å². The van der Waals surface area contributed by atoms with Crippen molar-refractivity contribution in [2.75, 3.05) is 20.8 Å². The van der Waals surface area contributed by atoms with Gasteiger partial charge in [0.2, 0.25) is 5.91 Å². The number of nitrogens with zero attached hydrogens (tertiary/aromatic N) is 1. The third kappa shape index (κ3) is 4.88. The van der Waals surface area contributed by atoms with E-state index in [4.69, 9.17) is 13.9 Å². The second-order valence-electron chi connectivity index (χ2n) is 12.0. The van der Waals surface area contributed by atoms with Crippen LogP contribution < -0.4 is 19.8 Å². The number of hydrogen-bond acceptors (Lipinski definition) is 4. The Kier molecular flexibility index (Phi) is 7.93. The molecule has 0 bridgehead atoms. The van der Waals surface area contributed by atoms with E-state index in [0.29, 0.717) is 30.9 Å². The third-order valence-electron chi connectivity index (χ3n) is 8.68. The molecule has 5 nitrogen and oxygen atoms in total. The number of allylic oxidation sites excluding steroid dienone is 1. The minimum Gasteiger partial charge on any atom is -0.493 e. The van der Waals surface area contributed by atoms with Gasteiger partial charge in [-0.25, -0.2) is 0 Å². The van der Waals surface area contributed by atoms with Crippen LogP contribution in [0.25, 0.3) is 0 Å². The Morgan fingerprint density at radius 2 is 1.50 bits per heavy atom. The smallest absolute Gasteiger partial charge is 0.261 e. The summed E-state index contributed by atoms with van der Waals surface area (Å²) in [5, 5.41) is 2.34. The summed E-state index contributed by atoms with van der Waals surface area (Å²) in [5.74, 6) is 1.71. The third-order valence-corrected chi connectivity index (χ3v) is 13.7. The summed E-state index contributed by atoms with van der Waals surface area (Å²) in [6, 6.07) is 25.4. The number of ether oxygens (including phenoxy) is 2. The number of carbonyl (C=O) groups excluding carboxylic acids is 1. The molecule has 210 valence electrons. The average Bonchev–Trinajstić information content (AvgIpc) is 2.96. The maximum atomic E-state index is 13.7. The lowest BCUT2D eigenvalue weighted by Crippen LogP contribution is -2.67. The molecule has 3 atom stereocenters. The quantitative estimate of drug-likeness (QED) is 0.265. The minimum atomic E-state index is -2.76. The Labute approximate surface area is 239 Å². The van der Waals surface area contributed by atoms with E-state index >= 15 is 0 Å². The minimum absolute atomic E-state index is 0.0550. The normalized spacial score (nSPS) is 20.9. The number of methoxy groups -OCH3 is 2. The van der Waals surface area contributed by atoms with Gasteiger partial charge in [-0.2, -0.15) is 0 Å². The molecule has 3 aromatic carbocycles. The number of piperidine rings is 1. The lowest BCUT2D eigenvalue weighted by molar-refractivity contribution is -0.143. The molecule has 0 aliphatic carbocycles. The van der Waals surface area contributed by atoms with Crippen LogP contribution in [0.3, 0.4) is 0 Å². The Morgan fingerprint density at radius 1 is 0.925 bits per heavy atom. The molecule has 5 rings (SSSR count). The van der Waals surface area contributed by atoms with Crippen molar-refractivity contribution in [1.82, 2.24) is 4.90 Å². The Morgan fingerprint density at radius 3 is 2.02 bits per heavy atom. The van der Waals surface area contributed by atoms with E-state index in [9.17, 15) is 4.79 Å². The highest BCUT2D eigenvalue weighted by atomic mass is 28.4. The van der Waals surface area contributed by atoms with E-state index in [1.165, 1.54) is 15.9 Å². The molecule has 1 saturated heterocycles. The fourth-order valence-corrected chi connectivity index (χ4v) is 11.4. The topological polar surface area (TPSA) is 48.0 Å². The van der Waals surface area contributed by atoms with Gasteiger partial charge in [-0.3, -0.25) is 4.79 Å². The summed E-state index contributed by atoms with van der Waals surface area (Å²) in [6.45, 7) is 11.3. The standard InChI is InChI=1S/C34H41NO4Si/c1-7-24-18-30-29-22-32(38-6)31(37-5)21-25(29)20-26(35(30)33(36)19-24)23-39-40(34(2,3)4,27-14-10-8-11-15-27)28-16-12-9-13-17-28/h7-17,21-22,24,26,30H,1,18-20,23H2,2-6H3/t24-,26-,30+/m0/s1. The van der Waals surface area contributed by atoms with Crippen LogP contribution in [0, 0.1) is 5.92 Å². The van der Waals surface area contributed by atoms with Crippen molar-refractivity contribution in [3.05, 3.63) is 96.6 Å². The first kappa shape index (κ1) is 28.2. The van der Waals surface area contributed by atoms with Crippen LogP contribution in [0.5, 0.6) is 11.5 Å².